The van der Waals surface area contributed by atoms with Gasteiger partial charge in [-0.15, -0.1) is 0 Å². The maximum atomic E-state index is 3.64. The second-order valence-electron chi connectivity index (χ2n) is 5.76. The van der Waals surface area contributed by atoms with E-state index in [2.05, 4.69) is 44.8 Å². The summed E-state index contributed by atoms with van der Waals surface area (Å²) in [5, 5.41) is 3.64. The van der Waals surface area contributed by atoms with Crippen LogP contribution in [0.25, 0.3) is 0 Å². The minimum Gasteiger partial charge on any atom is -0.314 e. The van der Waals surface area contributed by atoms with Crippen molar-refractivity contribution in [1.82, 2.24) is 5.32 Å². The van der Waals surface area contributed by atoms with E-state index >= 15 is 0 Å². The maximum Gasteiger partial charge on any atom is 0.00106 e. The number of hydrogen-bond donors (Lipinski definition) is 1. The summed E-state index contributed by atoms with van der Waals surface area (Å²) < 4.78 is 0. The van der Waals surface area contributed by atoms with Crippen LogP contribution in [0.15, 0.2) is 0 Å². The molecule has 0 saturated heterocycles. The Morgan fingerprint density at radius 3 is 2.56 bits per heavy atom. The summed E-state index contributed by atoms with van der Waals surface area (Å²) in [5.41, 5.74) is 0.568. The molecule has 1 aliphatic carbocycles. The fourth-order valence-electron chi connectivity index (χ4n) is 2.38. The molecule has 96 valence electrons. The number of rotatable bonds is 9. The third kappa shape index (κ3) is 5.09. The predicted molar refractivity (Wildman–Crippen MR) is 76.2 cm³/mol. The lowest BCUT2D eigenvalue weighted by molar-refractivity contribution is 0.229. The molecule has 0 aromatic carbocycles. The molecule has 2 heteroatoms. The van der Waals surface area contributed by atoms with Gasteiger partial charge in [0.15, 0.2) is 0 Å². The second-order valence-corrected chi connectivity index (χ2v) is 7.16. The minimum atomic E-state index is 0.568. The van der Waals surface area contributed by atoms with Gasteiger partial charge in [0.05, 0.1) is 0 Å². The first kappa shape index (κ1) is 14.4. The van der Waals surface area contributed by atoms with Crippen LogP contribution >= 0.6 is 11.8 Å². The Morgan fingerprint density at radius 1 is 1.38 bits per heavy atom. The molecule has 1 N–H and O–H groups in total. The van der Waals surface area contributed by atoms with Crippen LogP contribution in [-0.2, 0) is 0 Å². The SMILES string of the molecule is CCSCCCC(C)(CNC(C)C)C1CC1. The summed E-state index contributed by atoms with van der Waals surface area (Å²) in [6, 6.07) is 0.628. The maximum absolute atomic E-state index is 3.64. The standard InChI is InChI=1S/C14H29NS/c1-5-16-10-6-9-14(4,13-7-8-13)11-15-12(2)3/h12-13,15H,5-11H2,1-4H3. The molecule has 1 unspecified atom stereocenters. The van der Waals surface area contributed by atoms with Gasteiger partial charge >= 0.3 is 0 Å². The van der Waals surface area contributed by atoms with Crippen LogP contribution < -0.4 is 5.32 Å². The van der Waals surface area contributed by atoms with Crippen LogP contribution in [0.1, 0.15) is 53.4 Å². The second kappa shape index (κ2) is 6.90. The Bertz CT molecular complexity index is 189. The van der Waals surface area contributed by atoms with E-state index in [1.807, 2.05) is 0 Å². The Morgan fingerprint density at radius 2 is 2.06 bits per heavy atom. The van der Waals surface area contributed by atoms with Crippen molar-refractivity contribution in [2.45, 2.75) is 59.4 Å². The molecule has 0 spiro atoms. The van der Waals surface area contributed by atoms with Crippen molar-refractivity contribution in [3.8, 4) is 0 Å². The summed E-state index contributed by atoms with van der Waals surface area (Å²) in [6.07, 6.45) is 5.74. The number of nitrogens with one attached hydrogen (secondary N) is 1. The molecule has 1 fully saturated rings. The molecule has 1 rings (SSSR count). The third-order valence-electron chi connectivity index (χ3n) is 3.72. The molecule has 1 atom stereocenters. The van der Waals surface area contributed by atoms with Gasteiger partial charge in [-0.25, -0.2) is 0 Å². The Hall–Kier alpha value is 0.310. The molecule has 0 amide bonds. The van der Waals surface area contributed by atoms with Gasteiger partial charge in [-0.2, -0.15) is 11.8 Å². The molecule has 0 radical (unpaired) electrons. The summed E-state index contributed by atoms with van der Waals surface area (Å²) in [7, 11) is 0. The van der Waals surface area contributed by atoms with E-state index in [1.165, 1.54) is 43.7 Å². The monoisotopic (exact) mass is 243 g/mol. The molecular formula is C14H29NS. The number of thioether (sulfide) groups is 1. The van der Waals surface area contributed by atoms with Gasteiger partial charge in [-0.3, -0.25) is 0 Å². The van der Waals surface area contributed by atoms with Gasteiger partial charge < -0.3 is 5.32 Å². The zero-order valence-electron chi connectivity index (χ0n) is 11.5. The average Bonchev–Trinajstić information content (AvgIpc) is 3.05. The molecule has 1 saturated carbocycles. The van der Waals surface area contributed by atoms with E-state index in [4.69, 9.17) is 0 Å². The highest BCUT2D eigenvalue weighted by Gasteiger charge is 2.40. The van der Waals surface area contributed by atoms with Gasteiger partial charge in [0.1, 0.15) is 0 Å². The topological polar surface area (TPSA) is 12.0 Å². The Labute approximate surface area is 106 Å². The van der Waals surface area contributed by atoms with Crippen molar-refractivity contribution in [3.05, 3.63) is 0 Å². The molecule has 0 aromatic heterocycles. The van der Waals surface area contributed by atoms with Crippen LogP contribution in [-0.4, -0.2) is 24.1 Å². The van der Waals surface area contributed by atoms with Crippen LogP contribution in [0.4, 0.5) is 0 Å². The first-order chi connectivity index (χ1) is 7.58. The fraction of sp³-hybridized carbons (Fsp3) is 1.00. The third-order valence-corrected chi connectivity index (χ3v) is 4.70. The van der Waals surface area contributed by atoms with Crippen LogP contribution in [0.5, 0.6) is 0 Å². The van der Waals surface area contributed by atoms with E-state index in [0.29, 0.717) is 11.5 Å². The molecule has 0 aliphatic heterocycles. The number of hydrogen-bond acceptors (Lipinski definition) is 2. The van der Waals surface area contributed by atoms with Crippen molar-refractivity contribution in [3.63, 3.8) is 0 Å². The van der Waals surface area contributed by atoms with Gasteiger partial charge in [0, 0.05) is 12.6 Å². The Balaban J connectivity index is 2.27. The molecule has 16 heavy (non-hydrogen) atoms. The van der Waals surface area contributed by atoms with E-state index < -0.39 is 0 Å². The molecule has 1 nitrogen and oxygen atoms in total. The Kier molecular flexibility index (Phi) is 6.20. The molecule has 0 heterocycles. The van der Waals surface area contributed by atoms with Gasteiger partial charge in [-0.05, 0) is 48.5 Å². The van der Waals surface area contributed by atoms with Crippen LogP contribution in [0.3, 0.4) is 0 Å². The predicted octanol–water partition coefficient (Wildman–Crippen LogP) is 3.93. The van der Waals surface area contributed by atoms with Gasteiger partial charge in [0.2, 0.25) is 0 Å². The summed E-state index contributed by atoms with van der Waals surface area (Å²) in [6.45, 7) is 10.5. The van der Waals surface area contributed by atoms with E-state index in [0.717, 1.165) is 5.92 Å². The lowest BCUT2D eigenvalue weighted by Gasteiger charge is -2.31. The summed E-state index contributed by atoms with van der Waals surface area (Å²) in [4.78, 5) is 0. The van der Waals surface area contributed by atoms with Crippen molar-refractivity contribution in [1.29, 1.82) is 0 Å². The van der Waals surface area contributed by atoms with Crippen molar-refractivity contribution < 1.29 is 0 Å². The summed E-state index contributed by atoms with van der Waals surface area (Å²) >= 11 is 2.08. The van der Waals surface area contributed by atoms with E-state index in [-0.39, 0.29) is 0 Å². The highest BCUT2D eigenvalue weighted by atomic mass is 32.2. The van der Waals surface area contributed by atoms with Crippen molar-refractivity contribution in [2.24, 2.45) is 11.3 Å². The largest absolute Gasteiger partial charge is 0.314 e. The van der Waals surface area contributed by atoms with Crippen molar-refractivity contribution in [2.75, 3.05) is 18.1 Å². The molecule has 0 bridgehead atoms. The smallest absolute Gasteiger partial charge is 0.00106 e. The normalized spacial score (nSPS) is 20.1. The van der Waals surface area contributed by atoms with Crippen molar-refractivity contribution >= 4 is 11.8 Å². The average molecular weight is 243 g/mol. The van der Waals surface area contributed by atoms with Gasteiger partial charge in [0.25, 0.3) is 0 Å². The zero-order chi connectivity index (χ0) is 12.0. The zero-order valence-corrected chi connectivity index (χ0v) is 12.3. The van der Waals surface area contributed by atoms with Crippen LogP contribution in [0, 0.1) is 11.3 Å². The molecule has 1 aliphatic rings. The van der Waals surface area contributed by atoms with E-state index in [1.54, 1.807) is 0 Å². The minimum absolute atomic E-state index is 0.568. The highest BCUT2D eigenvalue weighted by molar-refractivity contribution is 7.99. The first-order valence-corrected chi connectivity index (χ1v) is 8.05. The lowest BCUT2D eigenvalue weighted by atomic mass is 9.80. The van der Waals surface area contributed by atoms with Crippen LogP contribution in [0.2, 0.25) is 0 Å². The highest BCUT2D eigenvalue weighted by Crippen LogP contribution is 2.48. The lowest BCUT2D eigenvalue weighted by Crippen LogP contribution is -2.37. The fourth-order valence-corrected chi connectivity index (χ4v) is 3.01. The molecule has 0 aromatic rings. The quantitative estimate of drug-likeness (QED) is 0.616. The molecular weight excluding hydrogens is 214 g/mol. The van der Waals surface area contributed by atoms with E-state index in [9.17, 15) is 0 Å². The van der Waals surface area contributed by atoms with Gasteiger partial charge in [-0.1, -0.05) is 27.7 Å². The first-order valence-electron chi connectivity index (χ1n) is 6.89. The summed E-state index contributed by atoms with van der Waals surface area (Å²) in [5.74, 6) is 3.62.